The number of carbonyl (C=O) groups is 1. The first-order chi connectivity index (χ1) is 9.41. The van der Waals surface area contributed by atoms with Crippen LogP contribution < -0.4 is 11.1 Å². The zero-order chi connectivity index (χ0) is 14.9. The van der Waals surface area contributed by atoms with Crippen LogP contribution in [0.5, 0.6) is 0 Å². The molecule has 1 aromatic rings. The highest BCUT2D eigenvalue weighted by Crippen LogP contribution is 2.33. The predicted molar refractivity (Wildman–Crippen MR) is 80.1 cm³/mol. The van der Waals surface area contributed by atoms with E-state index < -0.39 is 0 Å². The van der Waals surface area contributed by atoms with Crippen molar-refractivity contribution in [3.05, 3.63) is 29.8 Å². The predicted octanol–water partition coefficient (Wildman–Crippen LogP) is 2.51. The first kappa shape index (κ1) is 14.9. The molecule has 4 heteroatoms. The second-order valence-corrected chi connectivity index (χ2v) is 5.79. The highest BCUT2D eigenvalue weighted by molar-refractivity contribution is 5.80. The molecule has 0 saturated carbocycles. The number of rotatable bonds is 3. The molecular weight excluding hydrogens is 252 g/mol. The Hall–Kier alpha value is -1.55. The third-order valence-corrected chi connectivity index (χ3v) is 4.37. The number of para-hydroxylation sites is 1. The van der Waals surface area contributed by atoms with E-state index in [-0.39, 0.29) is 36.0 Å². The maximum atomic E-state index is 12.5. The maximum Gasteiger partial charge on any atom is 0.226 e. The molecule has 110 valence electrons. The summed E-state index contributed by atoms with van der Waals surface area (Å²) in [5.41, 5.74) is 7.61. The average molecular weight is 276 g/mol. The average Bonchev–Trinajstić information content (AvgIpc) is 2.63. The van der Waals surface area contributed by atoms with Gasteiger partial charge in [0.2, 0.25) is 5.91 Å². The SMILES string of the molecule is CC(NC(=O)C1C(C)OC(C)C1C)c1ccccc1N. The monoisotopic (exact) mass is 276 g/mol. The fourth-order valence-corrected chi connectivity index (χ4v) is 3.01. The van der Waals surface area contributed by atoms with Gasteiger partial charge in [0.05, 0.1) is 24.2 Å². The van der Waals surface area contributed by atoms with Gasteiger partial charge in [0.25, 0.3) is 0 Å². The van der Waals surface area contributed by atoms with Gasteiger partial charge in [0.15, 0.2) is 0 Å². The van der Waals surface area contributed by atoms with Gasteiger partial charge in [-0.1, -0.05) is 25.1 Å². The highest BCUT2D eigenvalue weighted by atomic mass is 16.5. The molecule has 1 saturated heterocycles. The Morgan fingerprint density at radius 2 is 1.90 bits per heavy atom. The Morgan fingerprint density at radius 3 is 2.45 bits per heavy atom. The molecule has 1 fully saturated rings. The van der Waals surface area contributed by atoms with Gasteiger partial charge >= 0.3 is 0 Å². The first-order valence-corrected chi connectivity index (χ1v) is 7.22. The second-order valence-electron chi connectivity index (χ2n) is 5.79. The lowest BCUT2D eigenvalue weighted by Gasteiger charge is -2.22. The lowest BCUT2D eigenvalue weighted by Crippen LogP contribution is -2.38. The fraction of sp³-hybridized carbons (Fsp3) is 0.562. The molecule has 1 amide bonds. The van der Waals surface area contributed by atoms with Crippen LogP contribution in [-0.4, -0.2) is 18.1 Å². The van der Waals surface area contributed by atoms with E-state index in [9.17, 15) is 4.79 Å². The van der Waals surface area contributed by atoms with Gasteiger partial charge in [-0.2, -0.15) is 0 Å². The van der Waals surface area contributed by atoms with Crippen LogP contribution in [0.15, 0.2) is 24.3 Å². The zero-order valence-electron chi connectivity index (χ0n) is 12.6. The van der Waals surface area contributed by atoms with Crippen LogP contribution in [0.25, 0.3) is 0 Å². The molecule has 1 heterocycles. The van der Waals surface area contributed by atoms with Crippen molar-refractivity contribution in [3.8, 4) is 0 Å². The Balaban J connectivity index is 2.07. The summed E-state index contributed by atoms with van der Waals surface area (Å²) in [6.45, 7) is 8.01. The van der Waals surface area contributed by atoms with Crippen LogP contribution in [0.1, 0.15) is 39.3 Å². The van der Waals surface area contributed by atoms with Crippen molar-refractivity contribution in [2.45, 2.75) is 45.9 Å². The van der Waals surface area contributed by atoms with E-state index in [1.807, 2.05) is 45.0 Å². The molecular formula is C16H24N2O2. The Kier molecular flexibility index (Phi) is 4.33. The number of amides is 1. The van der Waals surface area contributed by atoms with Crippen LogP contribution in [0, 0.1) is 11.8 Å². The third-order valence-electron chi connectivity index (χ3n) is 4.37. The van der Waals surface area contributed by atoms with Crippen molar-refractivity contribution in [1.82, 2.24) is 5.32 Å². The number of nitrogens with one attached hydrogen (secondary N) is 1. The fourth-order valence-electron chi connectivity index (χ4n) is 3.01. The molecule has 0 bridgehead atoms. The summed E-state index contributed by atoms with van der Waals surface area (Å²) in [5, 5.41) is 3.06. The molecule has 4 nitrogen and oxygen atoms in total. The summed E-state index contributed by atoms with van der Waals surface area (Å²) in [7, 11) is 0. The van der Waals surface area contributed by atoms with Crippen molar-refractivity contribution in [2.24, 2.45) is 11.8 Å². The lowest BCUT2D eigenvalue weighted by atomic mass is 9.88. The molecule has 0 aromatic heterocycles. The zero-order valence-corrected chi connectivity index (χ0v) is 12.6. The Morgan fingerprint density at radius 1 is 1.25 bits per heavy atom. The largest absolute Gasteiger partial charge is 0.398 e. The van der Waals surface area contributed by atoms with Crippen molar-refractivity contribution in [1.29, 1.82) is 0 Å². The summed E-state index contributed by atoms with van der Waals surface area (Å²) < 4.78 is 5.73. The Bertz CT molecular complexity index is 489. The van der Waals surface area contributed by atoms with Crippen molar-refractivity contribution in [3.63, 3.8) is 0 Å². The summed E-state index contributed by atoms with van der Waals surface area (Å²) in [6.07, 6.45) is 0.0816. The number of hydrogen-bond donors (Lipinski definition) is 2. The van der Waals surface area contributed by atoms with Gasteiger partial charge in [0.1, 0.15) is 0 Å². The minimum Gasteiger partial charge on any atom is -0.398 e. The topological polar surface area (TPSA) is 64.3 Å². The van der Waals surface area contributed by atoms with E-state index in [0.29, 0.717) is 5.69 Å². The lowest BCUT2D eigenvalue weighted by molar-refractivity contribution is -0.127. The number of nitrogen functional groups attached to an aromatic ring is 1. The minimum absolute atomic E-state index is 0.0414. The molecule has 2 rings (SSSR count). The van der Waals surface area contributed by atoms with Crippen molar-refractivity contribution < 1.29 is 9.53 Å². The van der Waals surface area contributed by atoms with Gasteiger partial charge in [-0.15, -0.1) is 0 Å². The molecule has 0 aliphatic carbocycles. The summed E-state index contributed by atoms with van der Waals surface area (Å²) >= 11 is 0. The van der Waals surface area contributed by atoms with Gasteiger partial charge in [-0.05, 0) is 38.3 Å². The molecule has 1 aliphatic rings. The molecule has 1 aromatic carbocycles. The van der Waals surface area contributed by atoms with Crippen LogP contribution in [0.3, 0.4) is 0 Å². The van der Waals surface area contributed by atoms with Crippen molar-refractivity contribution >= 4 is 11.6 Å². The number of carbonyl (C=O) groups excluding carboxylic acids is 1. The smallest absolute Gasteiger partial charge is 0.226 e. The normalized spacial score (nSPS) is 31.0. The number of ether oxygens (including phenoxy) is 1. The maximum absolute atomic E-state index is 12.5. The second kappa shape index (κ2) is 5.83. The van der Waals surface area contributed by atoms with Gasteiger partial charge < -0.3 is 15.8 Å². The summed E-state index contributed by atoms with van der Waals surface area (Å²) in [6, 6.07) is 7.52. The van der Waals surface area contributed by atoms with E-state index in [2.05, 4.69) is 12.2 Å². The standard InChI is InChI=1S/C16H24N2O2/c1-9-11(3)20-12(4)15(9)16(19)18-10(2)13-7-5-6-8-14(13)17/h5-12,15H,17H2,1-4H3,(H,18,19). The van der Waals surface area contributed by atoms with Crippen molar-refractivity contribution in [2.75, 3.05) is 5.73 Å². The third kappa shape index (κ3) is 2.80. The Labute approximate surface area is 120 Å². The quantitative estimate of drug-likeness (QED) is 0.834. The summed E-state index contributed by atoms with van der Waals surface area (Å²) in [5.74, 6) is 0.174. The van der Waals surface area contributed by atoms with E-state index in [1.54, 1.807) is 0 Å². The number of hydrogen-bond acceptors (Lipinski definition) is 3. The van der Waals surface area contributed by atoms with E-state index >= 15 is 0 Å². The number of anilines is 1. The van der Waals surface area contributed by atoms with Gasteiger partial charge in [0, 0.05) is 5.69 Å². The molecule has 5 atom stereocenters. The minimum atomic E-state index is -0.0996. The molecule has 20 heavy (non-hydrogen) atoms. The van der Waals surface area contributed by atoms with E-state index in [1.165, 1.54) is 0 Å². The molecule has 3 N–H and O–H groups in total. The molecule has 1 aliphatic heterocycles. The van der Waals surface area contributed by atoms with E-state index in [0.717, 1.165) is 5.56 Å². The van der Waals surface area contributed by atoms with Crippen LogP contribution in [-0.2, 0) is 9.53 Å². The summed E-state index contributed by atoms with van der Waals surface area (Å²) in [4.78, 5) is 12.5. The van der Waals surface area contributed by atoms with Crippen LogP contribution in [0.2, 0.25) is 0 Å². The van der Waals surface area contributed by atoms with Crippen LogP contribution in [0.4, 0.5) is 5.69 Å². The first-order valence-electron chi connectivity index (χ1n) is 7.22. The highest BCUT2D eigenvalue weighted by Gasteiger charge is 2.41. The molecule has 0 radical (unpaired) electrons. The number of nitrogens with two attached hydrogens (primary N) is 1. The van der Waals surface area contributed by atoms with E-state index in [4.69, 9.17) is 10.5 Å². The van der Waals surface area contributed by atoms with Gasteiger partial charge in [-0.25, -0.2) is 0 Å². The van der Waals surface area contributed by atoms with Crippen LogP contribution >= 0.6 is 0 Å². The molecule has 0 spiro atoms. The number of benzene rings is 1. The van der Waals surface area contributed by atoms with Gasteiger partial charge in [-0.3, -0.25) is 4.79 Å². The molecule has 5 unspecified atom stereocenters.